The van der Waals surface area contributed by atoms with Crippen LogP contribution < -0.4 is 0 Å². The summed E-state index contributed by atoms with van der Waals surface area (Å²) in [6.45, 7) is 4.70. The standard InChI is InChI=1S/C8H15NO4/c1-3-9(4-2)6(8(12)13)5-7(10)11/h6H,3-5H2,1-2H3,(H,10,11)(H,12,13)/t6-/m1/s1. The van der Waals surface area contributed by atoms with Gasteiger partial charge in [0.25, 0.3) is 0 Å². The average molecular weight is 189 g/mol. The monoisotopic (exact) mass is 189 g/mol. The number of likely N-dealkylation sites (N-methyl/N-ethyl adjacent to an activating group) is 1. The minimum atomic E-state index is -1.08. The Hall–Kier alpha value is -1.10. The molecule has 1 atom stereocenters. The van der Waals surface area contributed by atoms with Crippen molar-refractivity contribution in [2.45, 2.75) is 26.3 Å². The fraction of sp³-hybridized carbons (Fsp3) is 0.750. The fourth-order valence-corrected chi connectivity index (χ4v) is 1.20. The molecule has 5 heteroatoms. The van der Waals surface area contributed by atoms with Crippen LogP contribution in [0, 0.1) is 0 Å². The Bertz CT molecular complexity index is 189. The lowest BCUT2D eigenvalue weighted by Crippen LogP contribution is -2.42. The van der Waals surface area contributed by atoms with Crippen LogP contribution in [0.1, 0.15) is 20.3 Å². The van der Waals surface area contributed by atoms with Crippen molar-refractivity contribution >= 4 is 11.9 Å². The zero-order chi connectivity index (χ0) is 10.4. The van der Waals surface area contributed by atoms with E-state index < -0.39 is 18.0 Å². The lowest BCUT2D eigenvalue weighted by atomic mass is 10.2. The SMILES string of the molecule is CCN(CC)[C@H](CC(=O)O)C(=O)O. The highest BCUT2D eigenvalue weighted by Gasteiger charge is 2.25. The molecule has 0 spiro atoms. The number of rotatable bonds is 6. The van der Waals surface area contributed by atoms with Crippen LogP contribution in [0.4, 0.5) is 0 Å². The molecular weight excluding hydrogens is 174 g/mol. The van der Waals surface area contributed by atoms with E-state index >= 15 is 0 Å². The van der Waals surface area contributed by atoms with E-state index in [4.69, 9.17) is 10.2 Å². The first kappa shape index (κ1) is 11.9. The number of aliphatic carboxylic acids is 2. The van der Waals surface area contributed by atoms with Gasteiger partial charge < -0.3 is 10.2 Å². The molecule has 0 amide bonds. The van der Waals surface area contributed by atoms with Crippen LogP contribution in [0.5, 0.6) is 0 Å². The molecule has 5 nitrogen and oxygen atoms in total. The van der Waals surface area contributed by atoms with Crippen molar-refractivity contribution in [3.05, 3.63) is 0 Å². The molecule has 0 rings (SSSR count). The number of nitrogens with zero attached hydrogens (tertiary/aromatic N) is 1. The Labute approximate surface area is 77.0 Å². The Morgan fingerprint density at radius 1 is 1.23 bits per heavy atom. The molecule has 0 aromatic heterocycles. The number of carbonyl (C=O) groups is 2. The number of carboxylic acids is 2. The van der Waals surface area contributed by atoms with Gasteiger partial charge in [-0.15, -0.1) is 0 Å². The molecule has 0 saturated carbocycles. The van der Waals surface area contributed by atoms with Gasteiger partial charge in [0.1, 0.15) is 6.04 Å². The molecule has 0 unspecified atom stereocenters. The molecule has 0 aliphatic rings. The second-order valence-electron chi connectivity index (χ2n) is 2.67. The predicted octanol–water partition coefficient (Wildman–Crippen LogP) is 0.256. The lowest BCUT2D eigenvalue weighted by molar-refractivity contribution is -0.149. The van der Waals surface area contributed by atoms with E-state index in [0.29, 0.717) is 13.1 Å². The maximum absolute atomic E-state index is 10.7. The molecule has 0 aromatic rings. The van der Waals surface area contributed by atoms with Crippen LogP contribution in [0.2, 0.25) is 0 Å². The Morgan fingerprint density at radius 3 is 1.92 bits per heavy atom. The predicted molar refractivity (Wildman–Crippen MR) is 46.6 cm³/mol. The maximum atomic E-state index is 10.7. The van der Waals surface area contributed by atoms with E-state index in [0.717, 1.165) is 0 Å². The minimum absolute atomic E-state index is 0.350. The zero-order valence-corrected chi connectivity index (χ0v) is 7.86. The van der Waals surface area contributed by atoms with E-state index in [1.807, 2.05) is 0 Å². The van der Waals surface area contributed by atoms with E-state index in [2.05, 4.69) is 0 Å². The van der Waals surface area contributed by atoms with Gasteiger partial charge in [-0.25, -0.2) is 0 Å². The van der Waals surface area contributed by atoms with Crippen molar-refractivity contribution in [2.75, 3.05) is 13.1 Å². The van der Waals surface area contributed by atoms with Gasteiger partial charge in [0, 0.05) is 0 Å². The van der Waals surface area contributed by atoms with Crippen molar-refractivity contribution in [1.82, 2.24) is 4.90 Å². The number of carboxylic acid groups (broad SMARTS) is 2. The molecule has 0 aliphatic heterocycles. The van der Waals surface area contributed by atoms with Crippen molar-refractivity contribution in [3.63, 3.8) is 0 Å². The molecular formula is C8H15NO4. The maximum Gasteiger partial charge on any atom is 0.321 e. The van der Waals surface area contributed by atoms with Crippen LogP contribution in [-0.4, -0.2) is 46.2 Å². The summed E-state index contributed by atoms with van der Waals surface area (Å²) in [6.07, 6.45) is -0.350. The lowest BCUT2D eigenvalue weighted by Gasteiger charge is -2.24. The first-order valence-corrected chi connectivity index (χ1v) is 4.21. The largest absolute Gasteiger partial charge is 0.481 e. The van der Waals surface area contributed by atoms with Gasteiger partial charge in [0.2, 0.25) is 0 Å². The third kappa shape index (κ3) is 3.89. The molecule has 0 heterocycles. The van der Waals surface area contributed by atoms with E-state index in [9.17, 15) is 9.59 Å². The summed E-state index contributed by atoms with van der Waals surface area (Å²) >= 11 is 0. The second kappa shape index (κ2) is 5.53. The van der Waals surface area contributed by atoms with E-state index in [-0.39, 0.29) is 6.42 Å². The molecule has 0 radical (unpaired) electrons. The summed E-state index contributed by atoms with van der Waals surface area (Å²) in [7, 11) is 0. The summed E-state index contributed by atoms with van der Waals surface area (Å²) in [5.74, 6) is -2.16. The highest BCUT2D eigenvalue weighted by atomic mass is 16.4. The van der Waals surface area contributed by atoms with Gasteiger partial charge in [-0.05, 0) is 13.1 Å². The highest BCUT2D eigenvalue weighted by Crippen LogP contribution is 2.04. The van der Waals surface area contributed by atoms with Crippen LogP contribution >= 0.6 is 0 Å². The van der Waals surface area contributed by atoms with Crippen LogP contribution in [-0.2, 0) is 9.59 Å². The number of hydrogen-bond acceptors (Lipinski definition) is 3. The minimum Gasteiger partial charge on any atom is -0.481 e. The summed E-state index contributed by atoms with van der Waals surface area (Å²) in [5.41, 5.74) is 0. The Morgan fingerprint density at radius 2 is 1.69 bits per heavy atom. The van der Waals surface area contributed by atoms with Crippen molar-refractivity contribution in [2.24, 2.45) is 0 Å². The first-order valence-electron chi connectivity index (χ1n) is 4.21. The smallest absolute Gasteiger partial charge is 0.321 e. The molecule has 0 aromatic carbocycles. The van der Waals surface area contributed by atoms with Crippen molar-refractivity contribution < 1.29 is 19.8 Å². The Kier molecular flexibility index (Phi) is 5.06. The number of hydrogen-bond donors (Lipinski definition) is 2. The summed E-state index contributed by atoms with van der Waals surface area (Å²) in [6, 6.07) is -0.910. The molecule has 0 fully saturated rings. The molecule has 2 N–H and O–H groups in total. The normalized spacial score (nSPS) is 12.8. The van der Waals surface area contributed by atoms with Gasteiger partial charge in [0.15, 0.2) is 0 Å². The third-order valence-electron chi connectivity index (χ3n) is 1.91. The van der Waals surface area contributed by atoms with Gasteiger partial charge >= 0.3 is 11.9 Å². The van der Waals surface area contributed by atoms with Crippen LogP contribution in [0.25, 0.3) is 0 Å². The summed E-state index contributed by atoms with van der Waals surface area (Å²) < 4.78 is 0. The van der Waals surface area contributed by atoms with Gasteiger partial charge in [-0.3, -0.25) is 14.5 Å². The van der Waals surface area contributed by atoms with Crippen LogP contribution in [0.15, 0.2) is 0 Å². The highest BCUT2D eigenvalue weighted by molar-refractivity contribution is 5.80. The third-order valence-corrected chi connectivity index (χ3v) is 1.91. The molecule has 76 valence electrons. The van der Waals surface area contributed by atoms with Crippen LogP contribution in [0.3, 0.4) is 0 Å². The van der Waals surface area contributed by atoms with Gasteiger partial charge in [-0.2, -0.15) is 0 Å². The molecule has 0 aliphatic carbocycles. The van der Waals surface area contributed by atoms with E-state index in [1.54, 1.807) is 18.7 Å². The average Bonchev–Trinajstić information content (AvgIpc) is 2.04. The quantitative estimate of drug-likeness (QED) is 0.626. The zero-order valence-electron chi connectivity index (χ0n) is 7.86. The first-order chi connectivity index (χ1) is 6.02. The summed E-state index contributed by atoms with van der Waals surface area (Å²) in [4.78, 5) is 22.7. The molecule has 0 saturated heterocycles. The summed E-state index contributed by atoms with van der Waals surface area (Å²) in [5, 5.41) is 17.2. The van der Waals surface area contributed by atoms with Crippen molar-refractivity contribution in [3.8, 4) is 0 Å². The fourth-order valence-electron chi connectivity index (χ4n) is 1.20. The van der Waals surface area contributed by atoms with Gasteiger partial charge in [-0.1, -0.05) is 13.8 Å². The molecule has 0 bridgehead atoms. The van der Waals surface area contributed by atoms with E-state index in [1.165, 1.54) is 0 Å². The Balaban J connectivity index is 4.38. The van der Waals surface area contributed by atoms with Crippen molar-refractivity contribution in [1.29, 1.82) is 0 Å². The second-order valence-corrected chi connectivity index (χ2v) is 2.67. The van der Waals surface area contributed by atoms with Gasteiger partial charge in [0.05, 0.1) is 6.42 Å². The molecule has 13 heavy (non-hydrogen) atoms. The topological polar surface area (TPSA) is 77.8 Å².